The Morgan fingerprint density at radius 1 is 0.920 bits per heavy atom. The highest BCUT2D eigenvalue weighted by atomic mass is 35.7. The fraction of sp³-hybridized carbons (Fsp3) is 0.833. The first-order valence-electron chi connectivity index (χ1n) is 9.38. The van der Waals surface area contributed by atoms with Crippen LogP contribution in [0.5, 0.6) is 0 Å². The van der Waals surface area contributed by atoms with Crippen molar-refractivity contribution < 1.29 is 33.6 Å². The van der Waals surface area contributed by atoms with Crippen molar-refractivity contribution in [2.75, 3.05) is 0 Å². The van der Waals surface area contributed by atoms with Crippen molar-refractivity contribution in [3.8, 4) is 0 Å². The van der Waals surface area contributed by atoms with E-state index in [4.69, 9.17) is 18.6 Å². The first-order valence-corrected chi connectivity index (χ1v) is 10.6. The lowest BCUT2D eigenvalue weighted by Crippen LogP contribution is -2.58. The van der Waals surface area contributed by atoms with E-state index in [1.54, 1.807) is 17.0 Å². The van der Waals surface area contributed by atoms with Gasteiger partial charge in [-0.25, -0.2) is 0 Å². The van der Waals surface area contributed by atoms with E-state index in [1.807, 2.05) is 0 Å². The zero-order chi connectivity index (χ0) is 18.6. The van der Waals surface area contributed by atoms with E-state index >= 15 is 0 Å². The van der Waals surface area contributed by atoms with E-state index in [0.717, 1.165) is 11.8 Å². The third-order valence-electron chi connectivity index (χ3n) is 5.90. The molecule has 2 aliphatic carbocycles. The van der Waals surface area contributed by atoms with Gasteiger partial charge < -0.3 is 0 Å². The normalized spacial score (nSPS) is 20.3. The van der Waals surface area contributed by atoms with E-state index in [0.29, 0.717) is 0 Å². The van der Waals surface area contributed by atoms with Gasteiger partial charge in [-0.15, -0.1) is 4.68 Å². The molecule has 0 bridgehead atoms. The van der Waals surface area contributed by atoms with Crippen LogP contribution in [0.4, 0.5) is 0 Å². The van der Waals surface area contributed by atoms with Crippen LogP contribution in [0.25, 0.3) is 0 Å². The lowest BCUT2D eigenvalue weighted by molar-refractivity contribution is -1.92. The number of hydrogen-bond acceptors (Lipinski definition) is 4. The summed E-state index contributed by atoms with van der Waals surface area (Å²) in [5.41, 5.74) is 4.91. The van der Waals surface area contributed by atoms with Crippen LogP contribution < -0.4 is 18.7 Å². The minimum Gasteiger partial charge on any atom is -0.183 e. The Labute approximate surface area is 152 Å². The molecule has 2 aliphatic rings. The summed E-state index contributed by atoms with van der Waals surface area (Å²) in [6, 6.07) is 0. The molecule has 0 aromatic carbocycles. The van der Waals surface area contributed by atoms with Crippen molar-refractivity contribution in [3.63, 3.8) is 0 Å². The molecule has 0 unspecified atom stereocenters. The molecule has 0 spiro atoms. The molecule has 1 aromatic heterocycles. The number of hydrogen-bond donors (Lipinski definition) is 1. The second kappa shape index (κ2) is 8.82. The van der Waals surface area contributed by atoms with Gasteiger partial charge in [0, 0.05) is 17.4 Å². The molecule has 0 amide bonds. The summed E-state index contributed by atoms with van der Waals surface area (Å²) in [6.45, 7) is 2.40. The molecule has 1 N–H and O–H groups in total. The molecule has 0 radical (unpaired) electrons. The summed E-state index contributed by atoms with van der Waals surface area (Å²) in [5, 5.41) is 0. The van der Waals surface area contributed by atoms with Crippen LogP contribution in [-0.2, 0) is 14.1 Å². The molecule has 0 atom stereocenters. The molecule has 2 fully saturated rings. The van der Waals surface area contributed by atoms with Gasteiger partial charge in [-0.3, -0.25) is 0 Å². The summed E-state index contributed by atoms with van der Waals surface area (Å²) in [6.07, 6.45) is 14.2. The molecule has 0 aliphatic heterocycles. The van der Waals surface area contributed by atoms with Gasteiger partial charge in [0.05, 0.1) is 27.6 Å². The van der Waals surface area contributed by atoms with Gasteiger partial charge in [0.25, 0.3) is 0 Å². The van der Waals surface area contributed by atoms with Crippen LogP contribution in [0.1, 0.15) is 93.0 Å². The third-order valence-corrected chi connectivity index (χ3v) is 5.90. The van der Waals surface area contributed by atoms with E-state index < -0.39 is 10.2 Å². The van der Waals surface area contributed by atoms with Crippen LogP contribution in [0.2, 0.25) is 0 Å². The van der Waals surface area contributed by atoms with E-state index in [9.17, 15) is 0 Å². The monoisotopic (exact) mass is 375 g/mol. The van der Waals surface area contributed by atoms with E-state index in [2.05, 4.69) is 30.4 Å². The Bertz CT molecular complexity index is 509. The standard InChI is InChI=1S/C18H31N2.ClHO4/c1-14-17(15-10-6-4-7-11-15)19(2)20(3)18(14)16-12-8-5-9-13-16;2-1(3,4)5/h15-16H,4-13H2,1-3H3;(H,2,3,4,5)/q+1;. The van der Waals surface area contributed by atoms with Crippen LogP contribution >= 0.6 is 0 Å². The summed E-state index contributed by atoms with van der Waals surface area (Å²) in [5.74, 6) is 1.63. The Hall–Kier alpha value is -0.660. The summed E-state index contributed by atoms with van der Waals surface area (Å²) < 4.78 is 37.7. The minimum absolute atomic E-state index is 0.817. The largest absolute Gasteiger partial charge is 0.213 e. The second-order valence-electron chi connectivity index (χ2n) is 7.51. The van der Waals surface area contributed by atoms with Gasteiger partial charge in [0.1, 0.15) is 0 Å². The number of halogens is 1. The maximum Gasteiger partial charge on any atom is 0.213 e. The molecule has 2 saturated carbocycles. The first kappa shape index (κ1) is 20.6. The second-order valence-corrected chi connectivity index (χ2v) is 8.30. The Kier molecular flexibility index (Phi) is 7.29. The van der Waals surface area contributed by atoms with Crippen molar-refractivity contribution in [3.05, 3.63) is 17.0 Å². The van der Waals surface area contributed by atoms with Crippen molar-refractivity contribution in [1.82, 2.24) is 4.68 Å². The molecule has 144 valence electrons. The van der Waals surface area contributed by atoms with Gasteiger partial charge in [0.15, 0.2) is 7.05 Å². The first-order chi connectivity index (χ1) is 11.7. The molecular weight excluding hydrogens is 344 g/mol. The van der Waals surface area contributed by atoms with E-state index in [1.165, 1.54) is 64.2 Å². The average Bonchev–Trinajstić information content (AvgIpc) is 2.77. The fourth-order valence-corrected chi connectivity index (χ4v) is 4.83. The lowest BCUT2D eigenvalue weighted by atomic mass is 9.82. The third kappa shape index (κ3) is 5.66. The number of aromatic nitrogens is 2. The predicted octanol–water partition coefficient (Wildman–Crippen LogP) is 0.129. The highest BCUT2D eigenvalue weighted by Crippen LogP contribution is 2.38. The van der Waals surface area contributed by atoms with E-state index in [-0.39, 0.29) is 0 Å². The molecule has 0 saturated heterocycles. The molecule has 7 heteroatoms. The molecule has 1 aromatic rings. The van der Waals surface area contributed by atoms with Crippen LogP contribution in [-0.4, -0.2) is 9.34 Å². The minimum atomic E-state index is -4.69. The highest BCUT2D eigenvalue weighted by molar-refractivity contribution is 5.27. The SMILES string of the molecule is Cc1c(C2CCCCC2)n(C)[n+](C)c1C1CCCCC1.[O-][Cl+3]([O-])([O-])O. The maximum atomic E-state index is 8.60. The van der Waals surface area contributed by atoms with Crippen molar-refractivity contribution >= 4 is 0 Å². The topological polar surface area (TPSA) is 98.2 Å². The average molecular weight is 376 g/mol. The van der Waals surface area contributed by atoms with Gasteiger partial charge in [-0.1, -0.05) is 38.5 Å². The molecule has 25 heavy (non-hydrogen) atoms. The van der Waals surface area contributed by atoms with Gasteiger partial charge in [-0.2, -0.15) is 18.7 Å². The molecule has 1 heterocycles. The molecular formula is C18H32ClN2O4+. The molecule has 3 rings (SSSR count). The highest BCUT2D eigenvalue weighted by Gasteiger charge is 2.34. The van der Waals surface area contributed by atoms with Crippen LogP contribution in [0.3, 0.4) is 0 Å². The fourth-order valence-electron chi connectivity index (χ4n) is 4.83. The Balaban J connectivity index is 0.000000399. The van der Waals surface area contributed by atoms with Gasteiger partial charge in [0.2, 0.25) is 5.69 Å². The van der Waals surface area contributed by atoms with Crippen molar-refractivity contribution in [1.29, 1.82) is 0 Å². The smallest absolute Gasteiger partial charge is 0.183 e. The van der Waals surface area contributed by atoms with Gasteiger partial charge >= 0.3 is 0 Å². The Morgan fingerprint density at radius 3 is 1.76 bits per heavy atom. The summed E-state index contributed by atoms with van der Waals surface area (Å²) in [4.78, 5) is 0. The quantitative estimate of drug-likeness (QED) is 0.743. The maximum absolute atomic E-state index is 8.60. The summed E-state index contributed by atoms with van der Waals surface area (Å²) in [7, 11) is -0.132. The van der Waals surface area contributed by atoms with Crippen LogP contribution in [0.15, 0.2) is 0 Å². The number of rotatable bonds is 2. The van der Waals surface area contributed by atoms with Gasteiger partial charge in [-0.05, 0) is 32.6 Å². The Morgan fingerprint density at radius 2 is 1.32 bits per heavy atom. The lowest BCUT2D eigenvalue weighted by Gasteiger charge is -2.21. The van der Waals surface area contributed by atoms with Crippen LogP contribution in [0, 0.1) is 17.2 Å². The number of nitrogens with zero attached hydrogens (tertiary/aromatic N) is 2. The zero-order valence-corrected chi connectivity index (χ0v) is 16.4. The summed E-state index contributed by atoms with van der Waals surface area (Å²) >= 11 is 0. The zero-order valence-electron chi connectivity index (χ0n) is 15.7. The molecule has 6 nitrogen and oxygen atoms in total. The predicted molar refractivity (Wildman–Crippen MR) is 85.2 cm³/mol. The van der Waals surface area contributed by atoms with Crippen molar-refractivity contribution in [2.45, 2.75) is 83.0 Å². The van der Waals surface area contributed by atoms with Crippen molar-refractivity contribution in [2.24, 2.45) is 14.1 Å².